The van der Waals surface area contributed by atoms with Crippen LogP contribution in [0.5, 0.6) is 0 Å². The molecule has 0 aromatic carbocycles. The molecule has 0 saturated heterocycles. The van der Waals surface area contributed by atoms with E-state index in [9.17, 15) is 19.3 Å². The van der Waals surface area contributed by atoms with Gasteiger partial charge >= 0.3 is 6.03 Å². The number of hydrogen-bond donors (Lipinski definition) is 3. The molecule has 0 bridgehead atoms. The van der Waals surface area contributed by atoms with Gasteiger partial charge in [-0.15, -0.1) is 15.7 Å². The number of fused-ring (bicyclic) bond motifs is 2. The van der Waals surface area contributed by atoms with Crippen molar-refractivity contribution in [2.45, 2.75) is 62.2 Å². The highest BCUT2D eigenvalue weighted by Gasteiger charge is 2.27. The average molecular weight is 438 g/mol. The number of rotatable bonds is 2. The van der Waals surface area contributed by atoms with Crippen molar-refractivity contribution in [1.29, 1.82) is 0 Å². The summed E-state index contributed by atoms with van der Waals surface area (Å²) in [5, 5.41) is 27.2. The van der Waals surface area contributed by atoms with E-state index >= 15 is 0 Å². The molecule has 1 atom stereocenters. The summed E-state index contributed by atoms with van der Waals surface area (Å²) in [6, 6.07) is -0.922. The highest BCUT2D eigenvalue weighted by molar-refractivity contribution is 7.93. The lowest BCUT2D eigenvalue weighted by Crippen LogP contribution is -2.24. The molecule has 4 rings (SSSR count). The number of urea groups is 1. The van der Waals surface area contributed by atoms with Gasteiger partial charge in [-0.3, -0.25) is 0 Å². The zero-order valence-electron chi connectivity index (χ0n) is 16.2. The number of aliphatic hydroxyl groups is 1. The maximum absolute atomic E-state index is 12.8. The molecule has 0 spiro atoms. The first-order chi connectivity index (χ1) is 13.6. The van der Waals surface area contributed by atoms with Crippen LogP contribution >= 0.6 is 11.3 Å². The average Bonchev–Trinajstić information content (AvgIpc) is 3.37. The molecule has 0 fully saturated rings. The molecule has 11 heteroatoms. The van der Waals surface area contributed by atoms with Crippen molar-refractivity contribution in [3.8, 4) is 0 Å². The largest absolute Gasteiger partial charge is 0.428 e. The molecule has 0 radical (unpaired) electrons. The Morgan fingerprint density at radius 1 is 1.24 bits per heavy atom. The van der Waals surface area contributed by atoms with Gasteiger partial charge in [-0.2, -0.15) is 9.72 Å². The minimum atomic E-state index is -3.53. The van der Waals surface area contributed by atoms with Gasteiger partial charge in [0.2, 0.25) is 0 Å². The number of carbonyl (C=O) groups is 1. The van der Waals surface area contributed by atoms with Crippen LogP contribution in [0.2, 0.25) is 0 Å². The lowest BCUT2D eigenvalue weighted by Gasteiger charge is -2.13. The van der Waals surface area contributed by atoms with E-state index < -0.39 is 21.5 Å². The number of amides is 2. The lowest BCUT2D eigenvalue weighted by atomic mass is 10.1. The van der Waals surface area contributed by atoms with Crippen molar-refractivity contribution in [3.05, 3.63) is 39.1 Å². The first kappa shape index (κ1) is 20.2. The summed E-state index contributed by atoms with van der Waals surface area (Å²) in [5.41, 5.74) is 2.05. The molecule has 0 aliphatic heterocycles. The molecule has 2 amide bonds. The van der Waals surface area contributed by atoms with E-state index in [1.165, 1.54) is 10.9 Å². The maximum atomic E-state index is 12.8. The third kappa shape index (κ3) is 3.63. The standard InChI is InChI=1S/C18H23N5O4S2/c1-18(2,25)16-20-9-14(28-16)29(19,27)22-17(24)21-15-10-5-3-7-12(10)23(26)13-8-4-6-11(13)15/h9,25-26H,3-8H2,1-2H3,(H2,19,22,24,27). The number of nitrogens with two attached hydrogens (primary N) is 1. The van der Waals surface area contributed by atoms with Crippen LogP contribution < -0.4 is 10.5 Å². The van der Waals surface area contributed by atoms with Gasteiger partial charge in [0.15, 0.2) is 9.92 Å². The van der Waals surface area contributed by atoms with Crippen molar-refractivity contribution in [2.75, 3.05) is 0 Å². The predicted octanol–water partition coefficient (Wildman–Crippen LogP) is 1.81. The third-order valence-corrected chi connectivity index (χ3v) is 8.36. The molecule has 156 valence electrons. The number of hydrogen-bond acceptors (Lipinski definition) is 6. The summed E-state index contributed by atoms with van der Waals surface area (Å²) in [4.78, 5) is 20.7. The maximum Gasteiger partial charge on any atom is 0.377 e. The SMILES string of the molecule is CC(C)(O)c1ncc(S(N)(=O)=NC(=O)N=c2c3c(n(O)c4c2CCC4)CCC3)s1. The second-order valence-electron chi connectivity index (χ2n) is 7.82. The smallest absolute Gasteiger partial charge is 0.377 e. The van der Waals surface area contributed by atoms with Gasteiger partial charge in [0, 0.05) is 11.1 Å². The topological polar surface area (TPSA) is 143 Å². The van der Waals surface area contributed by atoms with E-state index in [-0.39, 0.29) is 4.21 Å². The highest BCUT2D eigenvalue weighted by Crippen LogP contribution is 2.28. The van der Waals surface area contributed by atoms with Crippen molar-refractivity contribution >= 4 is 27.3 Å². The summed E-state index contributed by atoms with van der Waals surface area (Å²) in [7, 11) is -3.53. The van der Waals surface area contributed by atoms with E-state index in [1.807, 2.05) is 0 Å². The number of pyridine rings is 1. The monoisotopic (exact) mass is 437 g/mol. The minimum Gasteiger partial charge on any atom is -0.428 e. The zero-order valence-corrected chi connectivity index (χ0v) is 17.8. The molecule has 2 aromatic heterocycles. The predicted molar refractivity (Wildman–Crippen MR) is 107 cm³/mol. The van der Waals surface area contributed by atoms with Gasteiger partial charge in [-0.05, 0) is 52.4 Å². The molecule has 9 nitrogen and oxygen atoms in total. The second-order valence-corrected chi connectivity index (χ2v) is 10.9. The van der Waals surface area contributed by atoms with Gasteiger partial charge in [0.1, 0.15) is 14.8 Å². The summed E-state index contributed by atoms with van der Waals surface area (Å²) in [6.45, 7) is 3.10. The van der Waals surface area contributed by atoms with Crippen molar-refractivity contribution < 1.29 is 19.3 Å². The Morgan fingerprint density at radius 3 is 2.34 bits per heavy atom. The van der Waals surface area contributed by atoms with Crippen LogP contribution in [0.15, 0.2) is 19.8 Å². The fraction of sp³-hybridized carbons (Fsp3) is 0.500. The summed E-state index contributed by atoms with van der Waals surface area (Å²) >= 11 is 0.952. The van der Waals surface area contributed by atoms with E-state index in [1.54, 1.807) is 13.8 Å². The number of nitrogens with zero attached hydrogens (tertiary/aromatic N) is 4. The minimum absolute atomic E-state index is 0.106. The fourth-order valence-corrected chi connectivity index (χ4v) is 5.91. The van der Waals surface area contributed by atoms with Crippen LogP contribution in [0.1, 0.15) is 54.2 Å². The normalized spacial score (nSPS) is 17.5. The Bertz CT molecular complexity index is 1160. The first-order valence-electron chi connectivity index (χ1n) is 9.38. The van der Waals surface area contributed by atoms with Crippen LogP contribution in [0.4, 0.5) is 4.79 Å². The van der Waals surface area contributed by atoms with Gasteiger partial charge in [0.05, 0.1) is 22.9 Å². The van der Waals surface area contributed by atoms with Gasteiger partial charge in [-0.1, -0.05) is 0 Å². The highest BCUT2D eigenvalue weighted by atomic mass is 32.2. The third-order valence-electron chi connectivity index (χ3n) is 5.18. The summed E-state index contributed by atoms with van der Waals surface area (Å²) in [5.74, 6) is 0. The van der Waals surface area contributed by atoms with E-state index in [0.717, 1.165) is 72.4 Å². The van der Waals surface area contributed by atoms with E-state index in [4.69, 9.17) is 5.14 Å². The van der Waals surface area contributed by atoms with Crippen LogP contribution in [-0.4, -0.2) is 30.3 Å². The number of thiazole rings is 1. The molecule has 2 aromatic rings. The lowest BCUT2D eigenvalue weighted by molar-refractivity contribution is 0.0783. The first-order valence-corrected chi connectivity index (χ1v) is 11.8. The van der Waals surface area contributed by atoms with Crippen molar-refractivity contribution in [2.24, 2.45) is 14.5 Å². The summed E-state index contributed by atoms with van der Waals surface area (Å²) in [6.07, 6.45) is 5.90. The molecular formula is C18H23N5O4S2. The molecule has 1 unspecified atom stereocenters. The Kier molecular flexibility index (Phi) is 4.88. The van der Waals surface area contributed by atoms with Gasteiger partial charge < -0.3 is 10.3 Å². The van der Waals surface area contributed by atoms with Crippen LogP contribution in [0.25, 0.3) is 0 Å². The number of carbonyl (C=O) groups excluding carboxylic acids is 1. The van der Waals surface area contributed by atoms with Crippen molar-refractivity contribution in [3.63, 3.8) is 0 Å². The van der Waals surface area contributed by atoms with Crippen LogP contribution in [0.3, 0.4) is 0 Å². The Morgan fingerprint density at radius 2 is 1.83 bits per heavy atom. The van der Waals surface area contributed by atoms with Gasteiger partial charge in [-0.25, -0.2) is 19.1 Å². The molecule has 2 aliphatic rings. The molecule has 4 N–H and O–H groups in total. The van der Waals surface area contributed by atoms with Crippen LogP contribution in [0, 0.1) is 0 Å². The van der Waals surface area contributed by atoms with Gasteiger partial charge in [0.25, 0.3) is 0 Å². The molecule has 29 heavy (non-hydrogen) atoms. The molecule has 2 aliphatic carbocycles. The quantitative estimate of drug-likeness (QED) is 0.614. The van der Waals surface area contributed by atoms with Crippen LogP contribution in [-0.2, 0) is 41.2 Å². The fourth-order valence-electron chi connectivity index (χ4n) is 3.87. The Balaban J connectivity index is 1.78. The Hall–Kier alpha value is -2.08. The molecule has 0 saturated carbocycles. The zero-order chi connectivity index (χ0) is 21.0. The molecular weight excluding hydrogens is 414 g/mol. The van der Waals surface area contributed by atoms with E-state index in [0.29, 0.717) is 10.4 Å². The number of aromatic nitrogens is 2. The summed E-state index contributed by atoms with van der Waals surface area (Å²) < 4.78 is 17.9. The van der Waals surface area contributed by atoms with E-state index in [2.05, 4.69) is 14.3 Å². The molecule has 2 heterocycles. The second kappa shape index (κ2) is 7.01. The van der Waals surface area contributed by atoms with Crippen molar-refractivity contribution in [1.82, 2.24) is 9.71 Å². The Labute approximate surface area is 172 Å².